The SMILES string of the molecule is CC(C)c1ccc(C(OCC(C)(F)F)OCC(F)(F)F)c(Cl)c1. The van der Waals surface area contributed by atoms with Crippen LogP contribution in [-0.4, -0.2) is 25.3 Å². The van der Waals surface area contributed by atoms with E-state index in [4.69, 9.17) is 16.3 Å². The van der Waals surface area contributed by atoms with Gasteiger partial charge in [-0.05, 0) is 17.5 Å². The summed E-state index contributed by atoms with van der Waals surface area (Å²) in [6.45, 7) is 1.71. The molecule has 23 heavy (non-hydrogen) atoms. The van der Waals surface area contributed by atoms with Crippen molar-refractivity contribution < 1.29 is 31.4 Å². The second-order valence-corrected chi connectivity index (χ2v) is 5.98. The zero-order valence-electron chi connectivity index (χ0n) is 12.9. The van der Waals surface area contributed by atoms with E-state index in [1.54, 1.807) is 12.1 Å². The van der Waals surface area contributed by atoms with E-state index < -0.39 is 31.6 Å². The third kappa shape index (κ3) is 7.46. The number of alkyl halides is 5. The topological polar surface area (TPSA) is 18.5 Å². The number of rotatable bonds is 7. The summed E-state index contributed by atoms with van der Waals surface area (Å²) in [5.41, 5.74) is 0.929. The summed E-state index contributed by atoms with van der Waals surface area (Å²) < 4.78 is 72.2. The first-order valence-electron chi connectivity index (χ1n) is 6.86. The summed E-state index contributed by atoms with van der Waals surface area (Å²) in [7, 11) is 0. The van der Waals surface area contributed by atoms with Crippen molar-refractivity contribution in [2.24, 2.45) is 0 Å². The first-order chi connectivity index (χ1) is 10.4. The molecule has 1 aromatic carbocycles. The molecule has 1 aromatic rings. The number of hydrogen-bond donors (Lipinski definition) is 0. The molecule has 0 N–H and O–H groups in total. The highest BCUT2D eigenvalue weighted by Gasteiger charge is 2.32. The van der Waals surface area contributed by atoms with Crippen LogP contribution in [0.15, 0.2) is 18.2 Å². The zero-order chi connectivity index (χ0) is 17.8. The van der Waals surface area contributed by atoms with Gasteiger partial charge in [0, 0.05) is 17.5 Å². The maximum Gasteiger partial charge on any atom is 0.411 e. The van der Waals surface area contributed by atoms with Gasteiger partial charge in [0.15, 0.2) is 6.29 Å². The minimum absolute atomic E-state index is 0.0737. The molecule has 0 aromatic heterocycles. The van der Waals surface area contributed by atoms with E-state index in [0.29, 0.717) is 6.92 Å². The zero-order valence-corrected chi connectivity index (χ0v) is 13.6. The fourth-order valence-corrected chi connectivity index (χ4v) is 1.99. The Morgan fingerprint density at radius 3 is 2.04 bits per heavy atom. The molecular formula is C15H18ClF5O2. The smallest absolute Gasteiger partial charge is 0.342 e. The first-order valence-corrected chi connectivity index (χ1v) is 7.24. The molecule has 8 heteroatoms. The van der Waals surface area contributed by atoms with Crippen LogP contribution in [0, 0.1) is 0 Å². The van der Waals surface area contributed by atoms with Gasteiger partial charge in [-0.3, -0.25) is 0 Å². The van der Waals surface area contributed by atoms with Gasteiger partial charge in [-0.2, -0.15) is 13.2 Å². The van der Waals surface area contributed by atoms with Crippen molar-refractivity contribution in [3.05, 3.63) is 34.3 Å². The molecule has 2 nitrogen and oxygen atoms in total. The van der Waals surface area contributed by atoms with Crippen molar-refractivity contribution in [1.29, 1.82) is 0 Å². The highest BCUT2D eigenvalue weighted by atomic mass is 35.5. The van der Waals surface area contributed by atoms with E-state index >= 15 is 0 Å². The molecule has 0 amide bonds. The summed E-state index contributed by atoms with van der Waals surface area (Å²) in [6, 6.07) is 4.62. The Labute approximate surface area is 136 Å². The Morgan fingerprint density at radius 2 is 1.61 bits per heavy atom. The van der Waals surface area contributed by atoms with Gasteiger partial charge in [0.25, 0.3) is 5.92 Å². The molecule has 0 spiro atoms. The van der Waals surface area contributed by atoms with E-state index in [2.05, 4.69) is 4.74 Å². The van der Waals surface area contributed by atoms with Crippen molar-refractivity contribution in [2.75, 3.05) is 13.2 Å². The average Bonchev–Trinajstić information content (AvgIpc) is 2.37. The Bertz CT molecular complexity index is 494. The van der Waals surface area contributed by atoms with Gasteiger partial charge in [-0.25, -0.2) is 8.78 Å². The summed E-state index contributed by atoms with van der Waals surface area (Å²) in [4.78, 5) is 0. The predicted octanol–water partition coefficient (Wildman–Crippen LogP) is 5.71. The van der Waals surface area contributed by atoms with E-state index in [9.17, 15) is 22.0 Å². The lowest BCUT2D eigenvalue weighted by Gasteiger charge is -2.23. The van der Waals surface area contributed by atoms with Crippen LogP contribution in [-0.2, 0) is 9.47 Å². The Balaban J connectivity index is 2.98. The maximum atomic E-state index is 12.9. The average molecular weight is 361 g/mol. The minimum atomic E-state index is -4.61. The van der Waals surface area contributed by atoms with E-state index in [-0.39, 0.29) is 16.5 Å². The summed E-state index contributed by atoms with van der Waals surface area (Å²) in [6.07, 6.45) is -6.24. The summed E-state index contributed by atoms with van der Waals surface area (Å²) in [5.74, 6) is -3.05. The Hall–Kier alpha value is -0.920. The second kappa shape index (κ2) is 7.77. The van der Waals surface area contributed by atoms with Gasteiger partial charge >= 0.3 is 6.18 Å². The lowest BCUT2D eigenvalue weighted by atomic mass is 10.0. The second-order valence-electron chi connectivity index (χ2n) is 5.57. The normalized spacial score (nSPS) is 14.3. The van der Waals surface area contributed by atoms with Gasteiger partial charge in [-0.15, -0.1) is 0 Å². The van der Waals surface area contributed by atoms with Crippen LogP contribution in [0.3, 0.4) is 0 Å². The summed E-state index contributed by atoms with van der Waals surface area (Å²) >= 11 is 6.04. The van der Waals surface area contributed by atoms with Crippen LogP contribution in [0.5, 0.6) is 0 Å². The van der Waals surface area contributed by atoms with Crippen molar-refractivity contribution in [2.45, 2.75) is 45.1 Å². The van der Waals surface area contributed by atoms with E-state index in [1.165, 1.54) is 6.07 Å². The Kier molecular flexibility index (Phi) is 6.80. The Morgan fingerprint density at radius 1 is 1.04 bits per heavy atom. The van der Waals surface area contributed by atoms with Crippen molar-refractivity contribution in [1.82, 2.24) is 0 Å². The van der Waals surface area contributed by atoms with Crippen LogP contribution in [0.1, 0.15) is 44.1 Å². The lowest BCUT2D eigenvalue weighted by Crippen LogP contribution is -2.25. The molecule has 1 unspecified atom stereocenters. The molecule has 0 bridgehead atoms. The van der Waals surface area contributed by atoms with Crippen molar-refractivity contribution >= 4 is 11.6 Å². The van der Waals surface area contributed by atoms with Crippen LogP contribution >= 0.6 is 11.6 Å². The van der Waals surface area contributed by atoms with E-state index in [1.807, 2.05) is 13.8 Å². The molecule has 1 rings (SSSR count). The molecule has 132 valence electrons. The molecule has 0 aliphatic rings. The van der Waals surface area contributed by atoms with Gasteiger partial charge < -0.3 is 9.47 Å². The molecule has 0 saturated heterocycles. The van der Waals surface area contributed by atoms with Gasteiger partial charge in [0.2, 0.25) is 0 Å². The molecular weight excluding hydrogens is 343 g/mol. The lowest BCUT2D eigenvalue weighted by molar-refractivity contribution is -0.244. The molecule has 0 saturated carbocycles. The number of halogens is 6. The van der Waals surface area contributed by atoms with Crippen molar-refractivity contribution in [3.8, 4) is 0 Å². The predicted molar refractivity (Wildman–Crippen MR) is 76.9 cm³/mol. The van der Waals surface area contributed by atoms with Crippen LogP contribution in [0.2, 0.25) is 5.02 Å². The molecule has 0 aliphatic carbocycles. The van der Waals surface area contributed by atoms with Crippen LogP contribution < -0.4 is 0 Å². The molecule has 0 aliphatic heterocycles. The largest absolute Gasteiger partial charge is 0.411 e. The number of hydrogen-bond acceptors (Lipinski definition) is 2. The van der Waals surface area contributed by atoms with Gasteiger partial charge in [0.05, 0.1) is 0 Å². The van der Waals surface area contributed by atoms with Crippen LogP contribution in [0.4, 0.5) is 22.0 Å². The van der Waals surface area contributed by atoms with Crippen molar-refractivity contribution in [3.63, 3.8) is 0 Å². The van der Waals surface area contributed by atoms with Gasteiger partial charge in [0.1, 0.15) is 13.2 Å². The quantitative estimate of drug-likeness (QED) is 0.458. The fourth-order valence-electron chi connectivity index (χ4n) is 1.71. The molecule has 1 atom stereocenters. The van der Waals surface area contributed by atoms with E-state index in [0.717, 1.165) is 5.56 Å². The monoisotopic (exact) mass is 360 g/mol. The summed E-state index contributed by atoms with van der Waals surface area (Å²) in [5, 5.41) is 0.0998. The third-order valence-electron chi connectivity index (χ3n) is 2.83. The highest BCUT2D eigenvalue weighted by molar-refractivity contribution is 6.31. The number of ether oxygens (including phenoxy) is 2. The minimum Gasteiger partial charge on any atom is -0.342 e. The first kappa shape index (κ1) is 20.1. The van der Waals surface area contributed by atoms with Crippen LogP contribution in [0.25, 0.3) is 0 Å². The standard InChI is InChI=1S/C15H18ClF5O2/c1-9(2)10-4-5-11(12(16)6-10)13(22-7-14(3,17)18)23-8-15(19,20)21/h4-6,9,13H,7-8H2,1-3H3. The highest BCUT2D eigenvalue weighted by Crippen LogP contribution is 2.32. The third-order valence-corrected chi connectivity index (χ3v) is 3.16. The molecule has 0 heterocycles. The number of benzene rings is 1. The molecule has 0 radical (unpaired) electrons. The van der Waals surface area contributed by atoms with Gasteiger partial charge in [-0.1, -0.05) is 37.6 Å². The molecule has 0 fully saturated rings. The maximum absolute atomic E-state index is 12.9. The fraction of sp³-hybridized carbons (Fsp3) is 0.600.